The Bertz CT molecular complexity index is 726. The number of rotatable bonds is 5. The summed E-state index contributed by atoms with van der Waals surface area (Å²) in [6, 6.07) is 7.34. The van der Waals surface area contributed by atoms with E-state index in [1.165, 1.54) is 0 Å². The summed E-state index contributed by atoms with van der Waals surface area (Å²) >= 11 is 0.860. The Balaban J connectivity index is 1.75. The van der Waals surface area contributed by atoms with Crippen molar-refractivity contribution >= 4 is 34.9 Å². The number of benzene rings is 1. The number of ether oxygens (including phenoxy) is 1. The molecular weight excluding hydrogens is 340 g/mol. The van der Waals surface area contributed by atoms with E-state index < -0.39 is 11.1 Å². The zero-order chi connectivity index (χ0) is 17.8. The van der Waals surface area contributed by atoms with Crippen molar-refractivity contribution in [1.82, 2.24) is 9.80 Å². The standard InChI is InChI=1S/C18H20N2O4S/c1-2-24-14-8-4-3-7-13(14)11-15-17(22)20(18(23)25-15)12-16(21)19-9-5-6-10-19/h3-4,7-8,11H,2,5-6,9-10,12H2,1H3/b15-11+. The van der Waals surface area contributed by atoms with Gasteiger partial charge in [0, 0.05) is 18.7 Å². The summed E-state index contributed by atoms with van der Waals surface area (Å²) in [4.78, 5) is 40.0. The van der Waals surface area contributed by atoms with Crippen molar-refractivity contribution in [2.24, 2.45) is 0 Å². The predicted molar refractivity (Wildman–Crippen MR) is 96.1 cm³/mol. The third-order valence-electron chi connectivity index (χ3n) is 4.13. The van der Waals surface area contributed by atoms with Crippen LogP contribution in [0.2, 0.25) is 0 Å². The number of nitrogens with zero attached hydrogens (tertiary/aromatic N) is 2. The van der Waals surface area contributed by atoms with Gasteiger partial charge in [0.1, 0.15) is 12.3 Å². The first-order chi connectivity index (χ1) is 12.1. The van der Waals surface area contributed by atoms with Crippen LogP contribution in [-0.2, 0) is 9.59 Å². The maximum atomic E-state index is 12.5. The van der Waals surface area contributed by atoms with Gasteiger partial charge in [-0.25, -0.2) is 0 Å². The Morgan fingerprint density at radius 1 is 1.24 bits per heavy atom. The number of carbonyl (C=O) groups is 3. The van der Waals surface area contributed by atoms with E-state index in [4.69, 9.17) is 4.74 Å². The third kappa shape index (κ3) is 3.87. The lowest BCUT2D eigenvalue weighted by Gasteiger charge is -2.18. The number of hydrogen-bond donors (Lipinski definition) is 0. The minimum absolute atomic E-state index is 0.171. The molecule has 1 aromatic rings. The van der Waals surface area contributed by atoms with E-state index in [-0.39, 0.29) is 12.5 Å². The monoisotopic (exact) mass is 360 g/mol. The molecule has 0 spiro atoms. The molecule has 2 fully saturated rings. The van der Waals surface area contributed by atoms with Crippen molar-refractivity contribution in [3.05, 3.63) is 34.7 Å². The average Bonchev–Trinajstić information content (AvgIpc) is 3.22. The zero-order valence-electron chi connectivity index (χ0n) is 14.1. The van der Waals surface area contributed by atoms with Crippen LogP contribution < -0.4 is 4.74 Å². The Labute approximate surface area is 150 Å². The number of likely N-dealkylation sites (tertiary alicyclic amines) is 1. The van der Waals surface area contributed by atoms with Gasteiger partial charge in [-0.3, -0.25) is 19.3 Å². The first-order valence-corrected chi connectivity index (χ1v) is 9.16. The average molecular weight is 360 g/mol. The largest absolute Gasteiger partial charge is 0.493 e. The minimum Gasteiger partial charge on any atom is -0.493 e. The van der Waals surface area contributed by atoms with Gasteiger partial charge in [0.05, 0.1) is 11.5 Å². The molecule has 0 unspecified atom stereocenters. The Kier molecular flexibility index (Phi) is 5.43. The molecule has 0 N–H and O–H groups in total. The van der Waals surface area contributed by atoms with Crippen molar-refractivity contribution in [3.63, 3.8) is 0 Å². The fourth-order valence-electron chi connectivity index (χ4n) is 2.87. The van der Waals surface area contributed by atoms with Crippen molar-refractivity contribution in [2.75, 3.05) is 26.2 Å². The number of imide groups is 1. The fraction of sp³-hybridized carbons (Fsp3) is 0.389. The van der Waals surface area contributed by atoms with E-state index in [9.17, 15) is 14.4 Å². The summed E-state index contributed by atoms with van der Waals surface area (Å²) in [6.07, 6.45) is 3.60. The van der Waals surface area contributed by atoms with Crippen LogP contribution in [0, 0.1) is 0 Å². The molecule has 0 radical (unpaired) electrons. The third-order valence-corrected chi connectivity index (χ3v) is 5.04. The van der Waals surface area contributed by atoms with Crippen LogP contribution in [0.4, 0.5) is 4.79 Å². The maximum Gasteiger partial charge on any atom is 0.294 e. The van der Waals surface area contributed by atoms with Gasteiger partial charge < -0.3 is 9.64 Å². The van der Waals surface area contributed by atoms with Gasteiger partial charge in [-0.2, -0.15) is 0 Å². The molecule has 2 aliphatic heterocycles. The van der Waals surface area contributed by atoms with Crippen LogP contribution in [0.15, 0.2) is 29.2 Å². The van der Waals surface area contributed by atoms with E-state index >= 15 is 0 Å². The lowest BCUT2D eigenvalue weighted by molar-refractivity contribution is -0.135. The Morgan fingerprint density at radius 2 is 1.96 bits per heavy atom. The minimum atomic E-state index is -0.422. The molecule has 25 heavy (non-hydrogen) atoms. The van der Waals surface area contributed by atoms with E-state index in [2.05, 4.69) is 0 Å². The topological polar surface area (TPSA) is 66.9 Å². The summed E-state index contributed by atoms with van der Waals surface area (Å²) in [5.41, 5.74) is 0.737. The lowest BCUT2D eigenvalue weighted by atomic mass is 10.2. The van der Waals surface area contributed by atoms with Gasteiger partial charge in [-0.1, -0.05) is 18.2 Å². The van der Waals surface area contributed by atoms with Crippen LogP contribution in [0.3, 0.4) is 0 Å². The van der Waals surface area contributed by atoms with Crippen molar-refractivity contribution < 1.29 is 19.1 Å². The number of hydrogen-bond acceptors (Lipinski definition) is 5. The van der Waals surface area contributed by atoms with Gasteiger partial charge in [0.2, 0.25) is 5.91 Å². The van der Waals surface area contributed by atoms with Crippen molar-refractivity contribution in [3.8, 4) is 5.75 Å². The summed E-state index contributed by atoms with van der Waals surface area (Å²) < 4.78 is 5.54. The van der Waals surface area contributed by atoms with E-state index in [1.807, 2.05) is 31.2 Å². The quantitative estimate of drug-likeness (QED) is 0.756. The number of amides is 3. The highest BCUT2D eigenvalue weighted by Gasteiger charge is 2.37. The van der Waals surface area contributed by atoms with Gasteiger partial charge in [-0.05, 0) is 43.7 Å². The van der Waals surface area contributed by atoms with Gasteiger partial charge in [0.15, 0.2) is 0 Å². The van der Waals surface area contributed by atoms with E-state index in [1.54, 1.807) is 11.0 Å². The first kappa shape index (κ1) is 17.5. The molecule has 3 amide bonds. The Hall–Kier alpha value is -2.28. The molecule has 0 atom stereocenters. The van der Waals surface area contributed by atoms with E-state index in [0.717, 1.165) is 35.1 Å². The zero-order valence-corrected chi connectivity index (χ0v) is 14.9. The molecule has 0 bridgehead atoms. The first-order valence-electron chi connectivity index (χ1n) is 8.35. The van der Waals surface area contributed by atoms with Crippen LogP contribution in [0.25, 0.3) is 6.08 Å². The van der Waals surface area contributed by atoms with Crippen LogP contribution in [0.5, 0.6) is 5.75 Å². The smallest absolute Gasteiger partial charge is 0.294 e. The summed E-state index contributed by atoms with van der Waals surface area (Å²) in [5.74, 6) is 0.0644. The number of carbonyl (C=O) groups excluding carboxylic acids is 3. The molecule has 1 aromatic carbocycles. The summed E-state index contributed by atoms with van der Waals surface area (Å²) in [7, 11) is 0. The SMILES string of the molecule is CCOc1ccccc1/C=C1/SC(=O)N(CC(=O)N2CCCC2)C1=O. The molecule has 0 aromatic heterocycles. The molecule has 0 aliphatic carbocycles. The van der Waals surface area contributed by atoms with Crippen molar-refractivity contribution in [2.45, 2.75) is 19.8 Å². The lowest BCUT2D eigenvalue weighted by Crippen LogP contribution is -2.40. The molecule has 0 saturated carbocycles. The van der Waals surface area contributed by atoms with E-state index in [0.29, 0.717) is 30.4 Å². The van der Waals surface area contributed by atoms with Crippen molar-refractivity contribution in [1.29, 1.82) is 0 Å². The molecule has 6 nitrogen and oxygen atoms in total. The highest BCUT2D eigenvalue weighted by molar-refractivity contribution is 8.18. The second kappa shape index (κ2) is 7.74. The molecule has 2 saturated heterocycles. The highest BCUT2D eigenvalue weighted by atomic mass is 32.2. The van der Waals surface area contributed by atoms with Crippen LogP contribution in [0.1, 0.15) is 25.3 Å². The number of para-hydroxylation sites is 1. The molecule has 7 heteroatoms. The summed E-state index contributed by atoms with van der Waals surface area (Å²) in [5, 5.41) is -0.405. The normalized spacial score (nSPS) is 19.2. The van der Waals surface area contributed by atoms with Gasteiger partial charge in [0.25, 0.3) is 11.1 Å². The Morgan fingerprint density at radius 3 is 2.68 bits per heavy atom. The second-order valence-corrected chi connectivity index (χ2v) is 6.82. The predicted octanol–water partition coefficient (Wildman–Crippen LogP) is 2.74. The fourth-order valence-corrected chi connectivity index (χ4v) is 3.70. The molecular formula is C18H20N2O4S. The van der Waals surface area contributed by atoms with Crippen LogP contribution >= 0.6 is 11.8 Å². The molecule has 132 valence electrons. The molecule has 2 aliphatic rings. The highest BCUT2D eigenvalue weighted by Crippen LogP contribution is 2.34. The van der Waals surface area contributed by atoms with Crippen LogP contribution in [-0.4, -0.2) is 53.1 Å². The van der Waals surface area contributed by atoms with Gasteiger partial charge in [-0.15, -0.1) is 0 Å². The molecule has 2 heterocycles. The maximum absolute atomic E-state index is 12.5. The summed E-state index contributed by atoms with van der Waals surface area (Å²) in [6.45, 7) is 3.61. The van der Waals surface area contributed by atoms with Gasteiger partial charge >= 0.3 is 0 Å². The second-order valence-electron chi connectivity index (χ2n) is 5.83. The number of thioether (sulfide) groups is 1. The molecule has 3 rings (SSSR count).